The molecule has 4 nitrogen and oxygen atoms in total. The molecule has 0 aliphatic carbocycles. The standard InChI is InChI=1S/C17H12F4O4/c1-9-2-3-14(25-8-15(22)23)13(4-9)16(24)10-5-11(17(19,20)21)7-12(18)6-10/h2-7H,8H2,1H3,(H,22,23). The van der Waals surface area contributed by atoms with E-state index < -0.39 is 41.5 Å². The number of carboxylic acid groups (broad SMARTS) is 1. The Balaban J connectivity index is 2.49. The van der Waals surface area contributed by atoms with Crippen molar-refractivity contribution in [3.05, 3.63) is 64.5 Å². The molecule has 0 bridgehead atoms. The Labute approximate surface area is 139 Å². The minimum absolute atomic E-state index is 0.115. The monoisotopic (exact) mass is 356 g/mol. The van der Waals surface area contributed by atoms with Gasteiger partial charge < -0.3 is 9.84 Å². The van der Waals surface area contributed by atoms with Crippen molar-refractivity contribution >= 4 is 11.8 Å². The summed E-state index contributed by atoms with van der Waals surface area (Å²) in [5.74, 6) is -3.52. The lowest BCUT2D eigenvalue weighted by Gasteiger charge is -2.12. The quantitative estimate of drug-likeness (QED) is 0.653. The van der Waals surface area contributed by atoms with Crippen LogP contribution in [0, 0.1) is 12.7 Å². The Morgan fingerprint density at radius 2 is 1.80 bits per heavy atom. The van der Waals surface area contributed by atoms with Crippen LogP contribution >= 0.6 is 0 Å². The molecule has 2 rings (SSSR count). The molecule has 0 atom stereocenters. The SMILES string of the molecule is Cc1ccc(OCC(=O)O)c(C(=O)c2cc(F)cc(C(F)(F)F)c2)c1. The lowest BCUT2D eigenvalue weighted by atomic mass is 9.98. The molecule has 0 aliphatic rings. The first-order valence-corrected chi connectivity index (χ1v) is 6.95. The van der Waals surface area contributed by atoms with E-state index in [0.717, 1.165) is 0 Å². The average Bonchev–Trinajstić information content (AvgIpc) is 2.51. The zero-order valence-electron chi connectivity index (χ0n) is 12.9. The number of carbonyl (C=O) groups excluding carboxylic acids is 1. The van der Waals surface area contributed by atoms with Gasteiger partial charge in [-0.05, 0) is 37.3 Å². The van der Waals surface area contributed by atoms with Crippen molar-refractivity contribution in [1.82, 2.24) is 0 Å². The summed E-state index contributed by atoms with van der Waals surface area (Å²) in [6.07, 6.45) is -4.81. The number of halogens is 4. The van der Waals surface area contributed by atoms with Crippen LogP contribution in [0.1, 0.15) is 27.0 Å². The summed E-state index contributed by atoms with van der Waals surface area (Å²) >= 11 is 0. The van der Waals surface area contributed by atoms with Crippen LogP contribution in [-0.4, -0.2) is 23.5 Å². The number of carbonyl (C=O) groups is 2. The van der Waals surface area contributed by atoms with Gasteiger partial charge in [-0.3, -0.25) is 4.79 Å². The average molecular weight is 356 g/mol. The fourth-order valence-corrected chi connectivity index (χ4v) is 2.13. The van der Waals surface area contributed by atoms with E-state index in [4.69, 9.17) is 9.84 Å². The fourth-order valence-electron chi connectivity index (χ4n) is 2.13. The molecule has 2 aromatic carbocycles. The molecule has 0 aliphatic heterocycles. The number of carboxylic acids is 1. The number of alkyl halides is 3. The van der Waals surface area contributed by atoms with Crippen LogP contribution in [0.3, 0.4) is 0 Å². The molecule has 0 fully saturated rings. The van der Waals surface area contributed by atoms with Gasteiger partial charge in [-0.15, -0.1) is 0 Å². The van der Waals surface area contributed by atoms with Crippen molar-refractivity contribution in [2.45, 2.75) is 13.1 Å². The number of benzene rings is 2. The van der Waals surface area contributed by atoms with Crippen molar-refractivity contribution in [1.29, 1.82) is 0 Å². The molecule has 0 aromatic heterocycles. The molecule has 0 unspecified atom stereocenters. The molecule has 0 saturated heterocycles. The summed E-state index contributed by atoms with van der Waals surface area (Å²) in [5, 5.41) is 8.65. The van der Waals surface area contributed by atoms with Gasteiger partial charge in [0.25, 0.3) is 0 Å². The molecule has 0 amide bonds. The zero-order chi connectivity index (χ0) is 18.8. The van der Waals surface area contributed by atoms with E-state index in [2.05, 4.69) is 0 Å². The van der Waals surface area contributed by atoms with Gasteiger partial charge in [0.05, 0.1) is 11.1 Å². The molecule has 1 N–H and O–H groups in total. The van der Waals surface area contributed by atoms with Gasteiger partial charge in [-0.2, -0.15) is 13.2 Å². The highest BCUT2D eigenvalue weighted by Crippen LogP contribution is 2.32. The molecule has 8 heteroatoms. The van der Waals surface area contributed by atoms with Crippen LogP contribution in [0.25, 0.3) is 0 Å². The predicted octanol–water partition coefficient (Wildman–Crippen LogP) is 3.85. The molecule has 25 heavy (non-hydrogen) atoms. The minimum atomic E-state index is -4.81. The third kappa shape index (κ3) is 4.56. The summed E-state index contributed by atoms with van der Waals surface area (Å²) in [6.45, 7) is 0.894. The third-order valence-corrected chi connectivity index (χ3v) is 3.22. The number of ketones is 1. The van der Waals surface area contributed by atoms with Crippen LogP contribution in [0.15, 0.2) is 36.4 Å². The lowest BCUT2D eigenvalue weighted by molar-refractivity contribution is -0.139. The van der Waals surface area contributed by atoms with Gasteiger partial charge in [0.15, 0.2) is 12.4 Å². The van der Waals surface area contributed by atoms with E-state index in [0.29, 0.717) is 17.7 Å². The number of hydrogen-bond donors (Lipinski definition) is 1. The first kappa shape index (κ1) is 18.4. The summed E-state index contributed by atoms with van der Waals surface area (Å²) in [7, 11) is 0. The highest BCUT2D eigenvalue weighted by atomic mass is 19.4. The largest absolute Gasteiger partial charge is 0.481 e. The van der Waals surface area contributed by atoms with Crippen LogP contribution in [-0.2, 0) is 11.0 Å². The Hall–Kier alpha value is -2.90. The first-order chi connectivity index (χ1) is 11.6. The number of aryl methyl sites for hydroxylation is 1. The fraction of sp³-hybridized carbons (Fsp3) is 0.176. The number of ether oxygens (including phenoxy) is 1. The first-order valence-electron chi connectivity index (χ1n) is 6.95. The van der Waals surface area contributed by atoms with E-state index in [1.165, 1.54) is 12.1 Å². The van der Waals surface area contributed by atoms with Gasteiger partial charge in [0, 0.05) is 5.56 Å². The summed E-state index contributed by atoms with van der Waals surface area (Å²) in [6, 6.07) is 5.71. The number of hydrogen-bond acceptors (Lipinski definition) is 3. The second kappa shape index (κ2) is 6.92. The van der Waals surface area contributed by atoms with Crippen molar-refractivity contribution in [2.24, 2.45) is 0 Å². The molecule has 0 spiro atoms. The van der Waals surface area contributed by atoms with Crippen molar-refractivity contribution in [3.63, 3.8) is 0 Å². The molecular formula is C17H12F4O4. The van der Waals surface area contributed by atoms with Crippen molar-refractivity contribution in [2.75, 3.05) is 6.61 Å². The Bertz CT molecular complexity index is 828. The van der Waals surface area contributed by atoms with Crippen LogP contribution < -0.4 is 4.74 Å². The smallest absolute Gasteiger partial charge is 0.416 e. The molecule has 0 saturated carbocycles. The van der Waals surface area contributed by atoms with Crippen molar-refractivity contribution in [3.8, 4) is 5.75 Å². The van der Waals surface area contributed by atoms with Crippen LogP contribution in [0.2, 0.25) is 0 Å². The molecule has 132 valence electrons. The summed E-state index contributed by atoms with van der Waals surface area (Å²) < 4.78 is 56.9. The predicted molar refractivity (Wildman–Crippen MR) is 79.1 cm³/mol. The van der Waals surface area contributed by atoms with E-state index in [1.54, 1.807) is 13.0 Å². The Morgan fingerprint density at radius 3 is 2.40 bits per heavy atom. The van der Waals surface area contributed by atoms with E-state index in [9.17, 15) is 27.2 Å². The molecular weight excluding hydrogens is 344 g/mol. The topological polar surface area (TPSA) is 63.6 Å². The van der Waals surface area contributed by atoms with Gasteiger partial charge >= 0.3 is 12.1 Å². The summed E-state index contributed by atoms with van der Waals surface area (Å²) in [5.41, 5.74) is -1.37. The van der Waals surface area contributed by atoms with E-state index in [1.807, 2.05) is 0 Å². The van der Waals surface area contributed by atoms with E-state index >= 15 is 0 Å². The van der Waals surface area contributed by atoms with Gasteiger partial charge in [-0.25, -0.2) is 9.18 Å². The Kier molecular flexibility index (Phi) is 5.10. The van der Waals surface area contributed by atoms with Crippen LogP contribution in [0.4, 0.5) is 17.6 Å². The maximum Gasteiger partial charge on any atom is 0.416 e. The van der Waals surface area contributed by atoms with Crippen molar-refractivity contribution < 1.29 is 37.0 Å². The molecule has 0 radical (unpaired) electrons. The second-order valence-corrected chi connectivity index (χ2v) is 5.24. The van der Waals surface area contributed by atoms with Gasteiger partial charge in [0.2, 0.25) is 0 Å². The third-order valence-electron chi connectivity index (χ3n) is 3.22. The lowest BCUT2D eigenvalue weighted by Crippen LogP contribution is -2.13. The van der Waals surface area contributed by atoms with Gasteiger partial charge in [-0.1, -0.05) is 11.6 Å². The molecule has 2 aromatic rings. The second-order valence-electron chi connectivity index (χ2n) is 5.24. The number of rotatable bonds is 5. The molecule has 0 heterocycles. The van der Waals surface area contributed by atoms with Gasteiger partial charge in [0.1, 0.15) is 11.6 Å². The summed E-state index contributed by atoms with van der Waals surface area (Å²) in [4.78, 5) is 23.1. The van der Waals surface area contributed by atoms with Crippen LogP contribution in [0.5, 0.6) is 5.75 Å². The number of aliphatic carboxylic acids is 1. The minimum Gasteiger partial charge on any atom is -0.481 e. The highest BCUT2D eigenvalue weighted by molar-refractivity contribution is 6.11. The zero-order valence-corrected chi connectivity index (χ0v) is 12.9. The highest BCUT2D eigenvalue weighted by Gasteiger charge is 2.32. The normalized spacial score (nSPS) is 11.2. The maximum absolute atomic E-state index is 13.5. The maximum atomic E-state index is 13.5. The van der Waals surface area contributed by atoms with E-state index in [-0.39, 0.29) is 17.4 Å². The Morgan fingerprint density at radius 1 is 1.12 bits per heavy atom.